The van der Waals surface area contributed by atoms with Crippen molar-refractivity contribution in [2.24, 2.45) is 0 Å². The van der Waals surface area contributed by atoms with Crippen LogP contribution in [0.25, 0.3) is 0 Å². The van der Waals surface area contributed by atoms with Gasteiger partial charge in [-0.3, -0.25) is 14.5 Å². The number of carbonyl (C=O) groups excluding carboxylic acids is 2. The number of thioether (sulfide) groups is 1. The van der Waals surface area contributed by atoms with Gasteiger partial charge in [-0.25, -0.2) is 0 Å². The molecule has 1 atom stereocenters. The van der Waals surface area contributed by atoms with E-state index in [1.165, 1.54) is 39.3 Å². The number of nitrogens with zero attached hydrogens (tertiary/aromatic N) is 3. The Balaban J connectivity index is 1.49. The quantitative estimate of drug-likeness (QED) is 0.0827. The zero-order chi connectivity index (χ0) is 27.4. The van der Waals surface area contributed by atoms with Crippen molar-refractivity contribution in [3.05, 3.63) is 98.4 Å². The number of carbonyl (C=O) groups is 2. The van der Waals surface area contributed by atoms with Gasteiger partial charge in [0.2, 0.25) is 10.9 Å². The summed E-state index contributed by atoms with van der Waals surface area (Å²) in [5, 5.41) is 22.3. The van der Waals surface area contributed by atoms with Crippen LogP contribution in [-0.2, 0) is 10.5 Å². The van der Waals surface area contributed by atoms with Gasteiger partial charge < -0.3 is 9.84 Å². The molecule has 3 heterocycles. The summed E-state index contributed by atoms with van der Waals surface area (Å²) in [6, 6.07) is 17.4. The van der Waals surface area contributed by atoms with E-state index in [1.54, 1.807) is 23.6 Å². The number of thiophene rings is 1. The van der Waals surface area contributed by atoms with Crippen molar-refractivity contribution in [2.75, 3.05) is 11.5 Å². The first-order valence-corrected chi connectivity index (χ1v) is 15.3. The SMILES string of the molecule is CCCCOc1cccc(C2C(C(=O)c3cccs3)=C(O)C(=O)N2c2nnc(SCc3ccccc3Cl)s2)c1. The Bertz CT molecular complexity index is 1520. The summed E-state index contributed by atoms with van der Waals surface area (Å²) in [7, 11) is 0. The summed E-state index contributed by atoms with van der Waals surface area (Å²) in [5.41, 5.74) is 1.59. The highest BCUT2D eigenvalue weighted by molar-refractivity contribution is 8.00. The number of hydrogen-bond acceptors (Lipinski definition) is 9. The predicted octanol–water partition coefficient (Wildman–Crippen LogP) is 7.51. The fourth-order valence-corrected chi connectivity index (χ4v) is 6.94. The van der Waals surface area contributed by atoms with Crippen LogP contribution in [0.4, 0.5) is 5.13 Å². The standard InChI is InChI=1S/C28H24ClN3O4S3/c1-2-3-13-36-19-10-6-9-17(15-19)23-22(24(33)21-12-7-14-37-21)25(34)26(35)32(23)27-30-31-28(39-27)38-16-18-8-4-5-11-20(18)29/h4-12,14-15,23,34H,2-3,13,16H2,1H3. The minimum Gasteiger partial charge on any atom is -0.503 e. The monoisotopic (exact) mass is 597 g/mol. The molecular formula is C28H24ClN3O4S3. The number of aliphatic hydroxyl groups excluding tert-OH is 1. The lowest BCUT2D eigenvalue weighted by Gasteiger charge is -2.24. The highest BCUT2D eigenvalue weighted by Gasteiger charge is 2.46. The number of aliphatic hydroxyl groups is 1. The van der Waals surface area contributed by atoms with Crippen molar-refractivity contribution in [1.29, 1.82) is 0 Å². The van der Waals surface area contributed by atoms with E-state index in [-0.39, 0.29) is 10.7 Å². The van der Waals surface area contributed by atoms with Gasteiger partial charge in [0.25, 0.3) is 5.91 Å². The van der Waals surface area contributed by atoms with Crippen molar-refractivity contribution in [3.63, 3.8) is 0 Å². The van der Waals surface area contributed by atoms with Crippen molar-refractivity contribution in [1.82, 2.24) is 10.2 Å². The van der Waals surface area contributed by atoms with E-state index in [0.717, 1.165) is 18.4 Å². The minimum atomic E-state index is -0.892. The van der Waals surface area contributed by atoms with Crippen LogP contribution in [0.5, 0.6) is 5.75 Å². The van der Waals surface area contributed by atoms with Crippen LogP contribution < -0.4 is 9.64 Å². The first-order valence-electron chi connectivity index (χ1n) is 12.2. The maximum Gasteiger partial charge on any atom is 0.296 e. The Hall–Kier alpha value is -3.18. The van der Waals surface area contributed by atoms with Crippen LogP contribution >= 0.6 is 46.0 Å². The molecule has 7 nitrogen and oxygen atoms in total. The van der Waals surface area contributed by atoms with Gasteiger partial charge in [0, 0.05) is 10.8 Å². The van der Waals surface area contributed by atoms with Gasteiger partial charge in [-0.2, -0.15) is 0 Å². The molecule has 0 saturated carbocycles. The van der Waals surface area contributed by atoms with E-state index in [0.29, 0.717) is 37.9 Å². The fourth-order valence-electron chi connectivity index (χ4n) is 4.11. The Morgan fingerprint density at radius 2 is 2.00 bits per heavy atom. The molecule has 0 saturated heterocycles. The number of ketones is 1. The number of Topliss-reactive ketones (excluding diaryl/α,β-unsaturated/α-hetero) is 1. The molecule has 0 radical (unpaired) electrons. The van der Waals surface area contributed by atoms with Crippen LogP contribution in [0, 0.1) is 0 Å². The summed E-state index contributed by atoms with van der Waals surface area (Å²) in [6.45, 7) is 2.64. The lowest BCUT2D eigenvalue weighted by molar-refractivity contribution is -0.117. The van der Waals surface area contributed by atoms with Crippen LogP contribution in [0.2, 0.25) is 5.02 Å². The second kappa shape index (κ2) is 12.3. The number of aromatic nitrogens is 2. The molecule has 1 aliphatic heterocycles. The highest BCUT2D eigenvalue weighted by Crippen LogP contribution is 2.44. The molecule has 200 valence electrons. The molecule has 1 unspecified atom stereocenters. The molecule has 0 aliphatic carbocycles. The van der Waals surface area contributed by atoms with Crippen LogP contribution in [-0.4, -0.2) is 33.6 Å². The third kappa shape index (κ3) is 5.89. The lowest BCUT2D eigenvalue weighted by atomic mass is 9.95. The number of benzene rings is 2. The summed E-state index contributed by atoms with van der Waals surface area (Å²) >= 11 is 10.2. The fraction of sp³-hybridized carbons (Fsp3) is 0.214. The molecule has 1 N–H and O–H groups in total. The van der Waals surface area contributed by atoms with E-state index in [9.17, 15) is 14.7 Å². The summed E-state index contributed by atoms with van der Waals surface area (Å²) in [4.78, 5) is 28.8. The molecule has 2 aromatic heterocycles. The molecular weight excluding hydrogens is 574 g/mol. The van der Waals surface area contributed by atoms with Gasteiger partial charge in [0.1, 0.15) is 5.75 Å². The Labute approximate surface area is 243 Å². The van der Waals surface area contributed by atoms with Crippen molar-refractivity contribution >= 4 is 62.9 Å². The molecule has 0 fully saturated rings. The molecule has 0 spiro atoms. The van der Waals surface area contributed by atoms with Crippen LogP contribution in [0.1, 0.15) is 46.6 Å². The Morgan fingerprint density at radius 3 is 2.77 bits per heavy atom. The van der Waals surface area contributed by atoms with Crippen molar-refractivity contribution in [3.8, 4) is 5.75 Å². The summed E-state index contributed by atoms with van der Waals surface area (Å²) in [6.07, 6.45) is 1.90. The van der Waals surface area contributed by atoms with Crippen molar-refractivity contribution < 1.29 is 19.4 Å². The second-order valence-corrected chi connectivity index (χ2v) is 12.2. The molecule has 11 heteroatoms. The van der Waals surface area contributed by atoms with Gasteiger partial charge in [-0.05, 0) is 47.2 Å². The summed E-state index contributed by atoms with van der Waals surface area (Å²) < 4.78 is 6.52. The van der Waals surface area contributed by atoms with Crippen LogP contribution in [0.3, 0.4) is 0 Å². The number of anilines is 1. The third-order valence-electron chi connectivity index (χ3n) is 6.05. The van der Waals surface area contributed by atoms with Gasteiger partial charge in [0.15, 0.2) is 10.1 Å². The zero-order valence-electron chi connectivity index (χ0n) is 20.9. The second-order valence-electron chi connectivity index (χ2n) is 8.65. The lowest BCUT2D eigenvalue weighted by Crippen LogP contribution is -2.31. The van der Waals surface area contributed by atoms with Crippen molar-refractivity contribution in [2.45, 2.75) is 35.9 Å². The Kier molecular flexibility index (Phi) is 8.66. The minimum absolute atomic E-state index is 0.00799. The molecule has 2 aromatic carbocycles. The molecule has 39 heavy (non-hydrogen) atoms. The van der Waals surface area contributed by atoms with E-state index >= 15 is 0 Å². The number of amides is 1. The first kappa shape index (κ1) is 27.4. The van der Waals surface area contributed by atoms with E-state index in [1.807, 2.05) is 42.5 Å². The van der Waals surface area contributed by atoms with Crippen LogP contribution in [0.15, 0.2) is 81.7 Å². The molecule has 4 aromatic rings. The number of unbranched alkanes of at least 4 members (excludes halogenated alkanes) is 1. The normalized spacial score (nSPS) is 15.3. The summed E-state index contributed by atoms with van der Waals surface area (Å²) in [5.74, 6) is -0.490. The van der Waals surface area contributed by atoms with Gasteiger partial charge in [-0.15, -0.1) is 21.5 Å². The number of rotatable bonds is 11. The number of ether oxygens (including phenoxy) is 1. The zero-order valence-corrected chi connectivity index (χ0v) is 24.1. The molecule has 1 amide bonds. The smallest absolute Gasteiger partial charge is 0.296 e. The maximum atomic E-state index is 13.6. The Morgan fingerprint density at radius 1 is 1.15 bits per heavy atom. The first-order chi connectivity index (χ1) is 19.0. The maximum absolute atomic E-state index is 13.6. The molecule has 0 bridgehead atoms. The highest BCUT2D eigenvalue weighted by atomic mass is 35.5. The largest absolute Gasteiger partial charge is 0.503 e. The third-order valence-corrected chi connectivity index (χ3v) is 9.39. The van der Waals surface area contributed by atoms with Gasteiger partial charge >= 0.3 is 0 Å². The average Bonchev–Trinajstić information content (AvgIpc) is 3.69. The number of halogens is 1. The molecule has 5 rings (SSSR count). The van der Waals surface area contributed by atoms with E-state index in [4.69, 9.17) is 16.3 Å². The van der Waals surface area contributed by atoms with E-state index in [2.05, 4.69) is 17.1 Å². The average molecular weight is 598 g/mol. The van der Waals surface area contributed by atoms with Gasteiger partial charge in [0.05, 0.1) is 23.1 Å². The predicted molar refractivity (Wildman–Crippen MR) is 156 cm³/mol. The topological polar surface area (TPSA) is 92.6 Å². The molecule has 1 aliphatic rings. The number of hydrogen-bond donors (Lipinski definition) is 1. The van der Waals surface area contributed by atoms with E-state index < -0.39 is 23.5 Å². The van der Waals surface area contributed by atoms with Gasteiger partial charge in [-0.1, -0.05) is 84.4 Å².